The van der Waals surface area contributed by atoms with Crippen molar-refractivity contribution in [3.05, 3.63) is 59.7 Å². The average Bonchev–Trinajstić information content (AvgIpc) is 3.07. The fourth-order valence-electron chi connectivity index (χ4n) is 2.30. The van der Waals surface area contributed by atoms with E-state index < -0.39 is 0 Å². The number of anilines is 3. The number of rotatable bonds is 7. The lowest BCUT2D eigenvalue weighted by atomic mass is 10.1. The normalized spacial score (nSPS) is 10.5. The number of carbonyl (C=O) groups is 1. The molecule has 0 bridgehead atoms. The van der Waals surface area contributed by atoms with Crippen LogP contribution in [0.5, 0.6) is 0 Å². The number of nitrogens with zero attached hydrogens (tertiary/aromatic N) is 2. The molecule has 3 aromatic rings. The fraction of sp³-hybridized carbons (Fsp3) is 0.211. The molecule has 0 aliphatic rings. The minimum Gasteiger partial charge on any atom is -0.330 e. The van der Waals surface area contributed by atoms with Gasteiger partial charge in [0.05, 0.1) is 0 Å². The summed E-state index contributed by atoms with van der Waals surface area (Å²) in [5.74, 6) is 0.665. The number of thioether (sulfide) groups is 1. The lowest BCUT2D eigenvalue weighted by Crippen LogP contribution is -2.11. The van der Waals surface area contributed by atoms with Crippen LogP contribution in [0.1, 0.15) is 17.5 Å². The van der Waals surface area contributed by atoms with Crippen LogP contribution < -0.4 is 10.6 Å². The van der Waals surface area contributed by atoms with E-state index in [0.717, 1.165) is 20.8 Å². The monoisotopic (exact) mass is 384 g/mol. The molecule has 2 N–H and O–H groups in total. The van der Waals surface area contributed by atoms with Gasteiger partial charge in [-0.1, -0.05) is 53.4 Å². The third-order valence-corrected chi connectivity index (χ3v) is 5.84. The van der Waals surface area contributed by atoms with Crippen LogP contribution in [0.15, 0.2) is 52.9 Å². The van der Waals surface area contributed by atoms with Crippen molar-refractivity contribution in [2.75, 3.05) is 16.4 Å². The van der Waals surface area contributed by atoms with Gasteiger partial charge in [0.1, 0.15) is 0 Å². The predicted molar refractivity (Wildman–Crippen MR) is 110 cm³/mol. The van der Waals surface area contributed by atoms with Crippen molar-refractivity contribution in [2.24, 2.45) is 0 Å². The van der Waals surface area contributed by atoms with E-state index in [9.17, 15) is 4.79 Å². The number of aromatic nitrogens is 2. The predicted octanol–water partition coefficient (Wildman–Crippen LogP) is 5.02. The van der Waals surface area contributed by atoms with Gasteiger partial charge in [-0.2, -0.15) is 0 Å². The van der Waals surface area contributed by atoms with Gasteiger partial charge in [0, 0.05) is 23.5 Å². The molecule has 0 saturated heterocycles. The van der Waals surface area contributed by atoms with Crippen LogP contribution in [0.2, 0.25) is 0 Å². The van der Waals surface area contributed by atoms with Crippen LogP contribution in [0, 0.1) is 13.8 Å². The topological polar surface area (TPSA) is 66.9 Å². The first-order valence-electron chi connectivity index (χ1n) is 8.26. The van der Waals surface area contributed by atoms with Gasteiger partial charge in [-0.25, -0.2) is 0 Å². The van der Waals surface area contributed by atoms with Crippen molar-refractivity contribution in [1.29, 1.82) is 0 Å². The molecule has 5 nitrogen and oxygen atoms in total. The van der Waals surface area contributed by atoms with Crippen LogP contribution in [-0.4, -0.2) is 21.9 Å². The maximum atomic E-state index is 11.9. The summed E-state index contributed by atoms with van der Waals surface area (Å²) in [5, 5.41) is 15.3. The van der Waals surface area contributed by atoms with Gasteiger partial charge in [-0.3, -0.25) is 4.79 Å². The Balaban J connectivity index is 1.48. The second-order valence-corrected chi connectivity index (χ2v) is 8.08. The number of hydrogen-bond acceptors (Lipinski definition) is 6. The summed E-state index contributed by atoms with van der Waals surface area (Å²) >= 11 is 3.04. The molecule has 0 spiro atoms. The molecule has 2 aromatic carbocycles. The Morgan fingerprint density at radius 2 is 1.88 bits per heavy atom. The molecule has 0 saturated carbocycles. The van der Waals surface area contributed by atoms with Crippen LogP contribution in [0.25, 0.3) is 0 Å². The van der Waals surface area contributed by atoms with Crippen molar-refractivity contribution in [3.8, 4) is 0 Å². The zero-order chi connectivity index (χ0) is 18.4. The number of amides is 1. The SMILES string of the molecule is Cc1cccc(Nc2nnc(SCCC(=O)Nc3ccccc3)s2)c1C. The van der Waals surface area contributed by atoms with Crippen molar-refractivity contribution in [3.63, 3.8) is 0 Å². The Morgan fingerprint density at radius 3 is 2.69 bits per heavy atom. The Labute approximate surface area is 161 Å². The van der Waals surface area contributed by atoms with Crippen molar-refractivity contribution >= 4 is 45.5 Å². The molecule has 134 valence electrons. The molecular weight excluding hydrogens is 364 g/mol. The maximum Gasteiger partial charge on any atom is 0.225 e. The van der Waals surface area contributed by atoms with Crippen molar-refractivity contribution in [1.82, 2.24) is 10.2 Å². The van der Waals surface area contributed by atoms with Gasteiger partial charge in [-0.05, 0) is 43.2 Å². The molecule has 0 atom stereocenters. The third-order valence-electron chi connectivity index (χ3n) is 3.86. The first kappa shape index (κ1) is 18.4. The van der Waals surface area contributed by atoms with E-state index in [1.165, 1.54) is 22.5 Å². The Morgan fingerprint density at radius 1 is 1.08 bits per heavy atom. The van der Waals surface area contributed by atoms with E-state index >= 15 is 0 Å². The minimum absolute atomic E-state index is 0.00180. The second kappa shape index (κ2) is 8.82. The quantitative estimate of drug-likeness (QED) is 0.560. The fourth-order valence-corrected chi connectivity index (χ4v) is 4.07. The number of nitrogens with one attached hydrogen (secondary N) is 2. The highest BCUT2D eigenvalue weighted by molar-refractivity contribution is 8.01. The number of benzene rings is 2. The van der Waals surface area contributed by atoms with Crippen LogP contribution in [0.4, 0.5) is 16.5 Å². The number of carbonyl (C=O) groups excluding carboxylic acids is 1. The zero-order valence-corrected chi connectivity index (χ0v) is 16.3. The molecule has 7 heteroatoms. The minimum atomic E-state index is 0.00180. The lowest BCUT2D eigenvalue weighted by molar-refractivity contribution is -0.115. The van der Waals surface area contributed by atoms with Gasteiger partial charge >= 0.3 is 0 Å². The number of hydrogen-bond donors (Lipinski definition) is 2. The van der Waals surface area contributed by atoms with E-state index in [2.05, 4.69) is 40.7 Å². The molecule has 0 aliphatic carbocycles. The molecule has 0 unspecified atom stereocenters. The summed E-state index contributed by atoms with van der Waals surface area (Å²) in [7, 11) is 0. The summed E-state index contributed by atoms with van der Waals surface area (Å²) in [6.07, 6.45) is 0.429. The van der Waals surface area contributed by atoms with Gasteiger partial charge in [0.2, 0.25) is 11.0 Å². The Bertz CT molecular complexity index is 880. The summed E-state index contributed by atoms with van der Waals surface area (Å²) in [5.41, 5.74) is 4.30. The average molecular weight is 385 g/mol. The maximum absolute atomic E-state index is 11.9. The van der Waals surface area contributed by atoms with E-state index in [4.69, 9.17) is 0 Å². The molecule has 26 heavy (non-hydrogen) atoms. The van der Waals surface area contributed by atoms with Gasteiger partial charge in [0.25, 0.3) is 0 Å². The highest BCUT2D eigenvalue weighted by Crippen LogP contribution is 2.29. The standard InChI is InChI=1S/C19H20N4OS2/c1-13-7-6-10-16(14(13)2)21-18-22-23-19(26-18)25-12-11-17(24)20-15-8-4-3-5-9-15/h3-10H,11-12H2,1-2H3,(H,20,24)(H,21,22). The Hall–Kier alpha value is -2.38. The number of para-hydroxylation sites is 1. The van der Waals surface area contributed by atoms with Crippen molar-refractivity contribution in [2.45, 2.75) is 24.6 Å². The van der Waals surface area contributed by atoms with Crippen LogP contribution in [-0.2, 0) is 4.79 Å². The number of aryl methyl sites for hydroxylation is 1. The highest BCUT2D eigenvalue weighted by atomic mass is 32.2. The van der Waals surface area contributed by atoms with Crippen molar-refractivity contribution < 1.29 is 4.79 Å². The van der Waals surface area contributed by atoms with E-state index in [-0.39, 0.29) is 5.91 Å². The first-order chi connectivity index (χ1) is 12.6. The van der Waals surface area contributed by atoms with Gasteiger partial charge in [-0.15, -0.1) is 10.2 Å². The first-order valence-corrected chi connectivity index (χ1v) is 10.1. The van der Waals surface area contributed by atoms with Crippen LogP contribution >= 0.6 is 23.1 Å². The smallest absolute Gasteiger partial charge is 0.225 e. The molecule has 3 rings (SSSR count). The van der Waals surface area contributed by atoms with E-state index in [1.807, 2.05) is 42.5 Å². The molecule has 0 radical (unpaired) electrons. The molecule has 1 heterocycles. The van der Waals surface area contributed by atoms with E-state index in [0.29, 0.717) is 12.2 Å². The molecule has 1 amide bonds. The molecule has 1 aromatic heterocycles. The summed E-state index contributed by atoms with van der Waals surface area (Å²) < 4.78 is 0.852. The molecular formula is C19H20N4OS2. The molecule has 0 fully saturated rings. The summed E-state index contributed by atoms with van der Waals surface area (Å²) in [6.45, 7) is 4.17. The van der Waals surface area contributed by atoms with Crippen LogP contribution in [0.3, 0.4) is 0 Å². The molecule has 0 aliphatic heterocycles. The summed E-state index contributed by atoms with van der Waals surface area (Å²) in [6, 6.07) is 15.6. The summed E-state index contributed by atoms with van der Waals surface area (Å²) in [4.78, 5) is 11.9. The lowest BCUT2D eigenvalue weighted by Gasteiger charge is -2.08. The third kappa shape index (κ3) is 5.06. The van der Waals surface area contributed by atoms with E-state index in [1.54, 1.807) is 11.8 Å². The largest absolute Gasteiger partial charge is 0.330 e. The second-order valence-electron chi connectivity index (χ2n) is 5.76. The zero-order valence-electron chi connectivity index (χ0n) is 14.7. The Kier molecular flexibility index (Phi) is 6.25. The van der Waals surface area contributed by atoms with Gasteiger partial charge in [0.15, 0.2) is 4.34 Å². The highest BCUT2D eigenvalue weighted by Gasteiger charge is 2.09. The van der Waals surface area contributed by atoms with Gasteiger partial charge < -0.3 is 10.6 Å².